The molecule has 119 heavy (non-hydrogen) atoms. The Hall–Kier alpha value is -9.59. The Kier molecular flexibility index (Phi) is 43.9. The topological polar surface area (TPSA) is 575 Å². The highest BCUT2D eigenvalue weighted by atomic mass is 16.8. The van der Waals surface area contributed by atoms with E-state index in [0.717, 1.165) is 18.4 Å². The van der Waals surface area contributed by atoms with Crippen molar-refractivity contribution in [3.05, 3.63) is 35.9 Å². The van der Waals surface area contributed by atoms with Gasteiger partial charge in [0, 0.05) is 73.9 Å². The Morgan fingerprint density at radius 2 is 0.866 bits per heavy atom. The number of carboxylic acids is 2. The zero-order valence-electron chi connectivity index (χ0n) is 64.1. The fourth-order valence-corrected chi connectivity index (χ4v) is 12.1. The van der Waals surface area contributed by atoms with Crippen LogP contribution in [0.15, 0.2) is 30.3 Å². The molecule has 25 unspecified atom stereocenters. The molecule has 0 spiro atoms. The number of aliphatic hydroxyl groups excluding tert-OH is 16. The molecule has 1 aromatic rings. The van der Waals surface area contributed by atoms with Gasteiger partial charge < -0.3 is 155 Å². The van der Waals surface area contributed by atoms with E-state index in [0.29, 0.717) is 44.9 Å². The predicted octanol–water partition coefficient (Wildman–Crippen LogP) is -8.21. The maximum absolute atomic E-state index is 13.0. The van der Waals surface area contributed by atoms with Gasteiger partial charge in [-0.2, -0.15) is 0 Å². The Labute approximate surface area is 685 Å². The van der Waals surface area contributed by atoms with E-state index in [4.69, 9.17) is 52.1 Å². The Bertz CT molecular complexity index is 4310. The number of nitrogens with one attached hydrogen (secondary N) is 2. The van der Waals surface area contributed by atoms with Gasteiger partial charge in [0.15, 0.2) is 43.7 Å². The van der Waals surface area contributed by atoms with Crippen LogP contribution in [0.3, 0.4) is 0 Å². The lowest BCUT2D eigenvalue weighted by molar-refractivity contribution is -0.385. The first-order valence-electron chi connectivity index (χ1n) is 37.5. The van der Waals surface area contributed by atoms with Crippen molar-refractivity contribution in [3.8, 4) is 142 Å². The second kappa shape index (κ2) is 53.1. The molecule has 5 aliphatic rings. The van der Waals surface area contributed by atoms with Gasteiger partial charge in [0.05, 0.1) is 45.2 Å². The molecule has 36 heteroatoms. The van der Waals surface area contributed by atoms with E-state index in [1.54, 1.807) is 6.92 Å². The molecule has 6 rings (SSSR count). The summed E-state index contributed by atoms with van der Waals surface area (Å²) in [4.78, 5) is 62.3. The third-order valence-electron chi connectivity index (χ3n) is 18.4. The van der Waals surface area contributed by atoms with Gasteiger partial charge in [-0.1, -0.05) is 55.5 Å². The first-order valence-corrected chi connectivity index (χ1v) is 37.5. The number of ether oxygens (including phenoxy) is 11. The summed E-state index contributed by atoms with van der Waals surface area (Å²) in [5.41, 5.74) is 0.871. The van der Waals surface area contributed by atoms with Gasteiger partial charge in [0.25, 0.3) is 5.91 Å². The summed E-state index contributed by atoms with van der Waals surface area (Å²) < 4.78 is 61.1. The summed E-state index contributed by atoms with van der Waals surface area (Å²) >= 11 is 0. The minimum atomic E-state index is -2.33. The zero-order chi connectivity index (χ0) is 86.8. The maximum Gasteiger partial charge on any atom is 0.335 e. The number of carboxylic acid groups (broad SMARTS) is 2. The standard InChI is InChI=1S/C83H94N2O34/c1-2-3-4-5-6-7-8-9-10-11-12-13-14-15-16-17-18-19-20-21-22-25-31-40-58(91)85-52(59(92)53(89)42-41-50-35-28-27-29-36-50)48-111-80-66(99)61(94)60(93)56(114-80)49-109-44-34-26-23-24-30-37-51(88)38-32-33-39-57(90)84-43-45-110-79-68(101)64(97)72(54(46-86)112-79)116-83-71(104)74(70(103)76(119-83)78(107)108)117-81-69(102)65(98)73(55(47-87)113-81)115-82-67(100)62(95)63(96)75(118-82)77(105)106/h27-29,35-36,52-56,59-76,79-83,86-87,89,92-104H,23-24,26,30,32-34,37-39,41-49H2,1H3,(H,84,90)(H,85,91)(H,105,106)(H,107,108)/t52-,53+,54?,55?,56?,59-,60?,61?,62?,63?,64?,65?,66?,67?,68?,69?,70?,71?,72?,73?,74?,75?,76?,79?,80?,81?,82?,83?/m0/s1. The van der Waals surface area contributed by atoms with Crippen molar-refractivity contribution < 1.29 is 168 Å². The van der Waals surface area contributed by atoms with E-state index < -0.39 is 215 Å². The van der Waals surface area contributed by atoms with E-state index >= 15 is 0 Å². The van der Waals surface area contributed by atoms with Crippen molar-refractivity contribution in [1.82, 2.24) is 10.6 Å². The van der Waals surface area contributed by atoms with Crippen LogP contribution < -0.4 is 10.6 Å². The second-order valence-electron chi connectivity index (χ2n) is 26.9. The number of benzene rings is 1. The third-order valence-corrected chi connectivity index (χ3v) is 18.4. The molecule has 2 amide bonds. The van der Waals surface area contributed by atoms with Crippen molar-refractivity contribution in [3.63, 3.8) is 0 Å². The molecular formula is C83H94N2O34. The lowest BCUT2D eigenvalue weighted by Gasteiger charge is -2.48. The molecule has 5 heterocycles. The van der Waals surface area contributed by atoms with Crippen molar-refractivity contribution >= 4 is 29.5 Å². The fourth-order valence-electron chi connectivity index (χ4n) is 12.1. The molecule has 5 aliphatic heterocycles. The molecule has 0 saturated carbocycles. The molecular weight excluding hydrogens is 1570 g/mol. The number of carbonyl (C=O) groups excluding carboxylic acids is 3. The minimum Gasteiger partial charge on any atom is -0.479 e. The van der Waals surface area contributed by atoms with Crippen LogP contribution in [0.4, 0.5) is 0 Å². The summed E-state index contributed by atoms with van der Waals surface area (Å²) in [6.07, 6.45) is -47.5. The lowest BCUT2D eigenvalue weighted by atomic mass is 9.95. The van der Waals surface area contributed by atoms with Crippen molar-refractivity contribution in [2.24, 2.45) is 0 Å². The van der Waals surface area contributed by atoms with Crippen LogP contribution >= 0.6 is 0 Å². The molecule has 5 saturated heterocycles. The van der Waals surface area contributed by atoms with Gasteiger partial charge in [-0.15, -0.1) is 0 Å². The lowest BCUT2D eigenvalue weighted by Crippen LogP contribution is -2.68. The number of unbranched alkanes of at least 4 members (excludes halogenated alkanes) is 5. The van der Waals surface area contributed by atoms with E-state index in [2.05, 4.69) is 153 Å². The number of hydrogen-bond acceptors (Lipinski definition) is 32. The molecule has 36 nitrogen and oxygen atoms in total. The van der Waals surface area contributed by atoms with Gasteiger partial charge >= 0.3 is 11.9 Å². The highest BCUT2D eigenvalue weighted by Crippen LogP contribution is 2.35. The number of hydrogen-bond donors (Lipinski definition) is 20. The van der Waals surface area contributed by atoms with Crippen LogP contribution in [-0.2, 0) is 82.5 Å². The average Bonchev–Trinajstić information content (AvgIpc) is 0.771. The summed E-state index contributed by atoms with van der Waals surface area (Å²) in [6, 6.07) is 7.77. The van der Waals surface area contributed by atoms with Gasteiger partial charge in [0.1, 0.15) is 122 Å². The quantitative estimate of drug-likeness (QED) is 0.0216. The van der Waals surface area contributed by atoms with E-state index in [1.165, 1.54) is 0 Å². The van der Waals surface area contributed by atoms with Crippen molar-refractivity contribution in [1.29, 1.82) is 0 Å². The third kappa shape index (κ3) is 32.1. The zero-order valence-corrected chi connectivity index (χ0v) is 64.1. The highest BCUT2D eigenvalue weighted by molar-refractivity contribution is 5.94. The first kappa shape index (κ1) is 98.2. The number of rotatable bonds is 38. The molecule has 5 fully saturated rings. The minimum absolute atomic E-state index is 0.00564. The average molecular weight is 1660 g/mol. The van der Waals surface area contributed by atoms with Gasteiger partial charge in [-0.25, -0.2) is 9.59 Å². The molecule has 28 atom stereocenters. The molecule has 0 aliphatic carbocycles. The number of Topliss-reactive ketones (excluding diaryl/α,β-unsaturated/α-hetero) is 1. The normalized spacial score (nSPS) is 30.3. The number of aliphatic hydroxyl groups is 16. The van der Waals surface area contributed by atoms with Crippen LogP contribution in [0.2, 0.25) is 0 Å². The smallest absolute Gasteiger partial charge is 0.335 e. The molecule has 0 radical (unpaired) electrons. The number of carbonyl (C=O) groups is 5. The van der Waals surface area contributed by atoms with Gasteiger partial charge in [0.2, 0.25) is 5.91 Å². The monoisotopic (exact) mass is 1660 g/mol. The molecule has 640 valence electrons. The van der Waals surface area contributed by atoms with Gasteiger partial charge in [-0.3, -0.25) is 14.4 Å². The van der Waals surface area contributed by atoms with Crippen LogP contribution in [0, 0.1) is 142 Å². The highest BCUT2D eigenvalue weighted by Gasteiger charge is 2.57. The summed E-state index contributed by atoms with van der Waals surface area (Å²) in [5, 5.41) is 197. The maximum atomic E-state index is 13.0. The molecule has 0 aromatic heterocycles. The molecule has 0 bridgehead atoms. The summed E-state index contributed by atoms with van der Waals surface area (Å²) in [7, 11) is 0. The molecule has 1 aromatic carbocycles. The van der Waals surface area contributed by atoms with Crippen LogP contribution in [0.1, 0.15) is 83.1 Å². The van der Waals surface area contributed by atoms with E-state index in [9.17, 15) is 116 Å². The second-order valence-corrected chi connectivity index (χ2v) is 26.9. The van der Waals surface area contributed by atoms with E-state index in [-0.39, 0.29) is 51.4 Å². The SMILES string of the molecule is CC#CC#CC#CC#CC#CC#CC#CC#CC#CC#CC#CC#CC(=O)N[C@@H](COC1OC(COCCCCCCCC(=O)CCCCC(=O)NCCOC2OC(CO)C(OC3OC(C(=O)O)C(O)C(OC4OC(CO)C(OC5OC(C(=O)O)C(O)C(O)C5O)C(O)C4O)C3O)C(O)C2O)C(O)C(O)C1O)[C@H](O)[C@H](O)CCc1ccccc1. The largest absolute Gasteiger partial charge is 0.479 e. The van der Waals surface area contributed by atoms with E-state index in [1.807, 2.05) is 30.3 Å². The fraction of sp³-hybridized carbons (Fsp3) is 0.578. The molecule has 20 N–H and O–H groups in total. The van der Waals surface area contributed by atoms with Crippen LogP contribution in [0.5, 0.6) is 0 Å². The van der Waals surface area contributed by atoms with Crippen LogP contribution in [-0.4, -0.2) is 339 Å². The summed E-state index contributed by atoms with van der Waals surface area (Å²) in [5.74, 6) is 54.0. The van der Waals surface area contributed by atoms with Crippen LogP contribution in [0.25, 0.3) is 0 Å². The summed E-state index contributed by atoms with van der Waals surface area (Å²) in [6.45, 7) is -1.44. The van der Waals surface area contributed by atoms with Gasteiger partial charge in [-0.05, 0) is 146 Å². The Morgan fingerprint density at radius 3 is 1.41 bits per heavy atom. The predicted molar refractivity (Wildman–Crippen MR) is 404 cm³/mol. The Balaban J connectivity index is 0.849. The Morgan fingerprint density at radius 1 is 0.437 bits per heavy atom. The number of aliphatic carboxylic acids is 2. The number of amides is 2. The van der Waals surface area contributed by atoms with Crippen molar-refractivity contribution in [2.75, 3.05) is 46.2 Å². The number of aryl methyl sites for hydroxylation is 1. The van der Waals surface area contributed by atoms with Crippen molar-refractivity contribution in [2.45, 2.75) is 256 Å². The number of ketones is 1. The first-order chi connectivity index (χ1) is 57.2.